The van der Waals surface area contributed by atoms with Crippen LogP contribution < -0.4 is 0 Å². The van der Waals surface area contributed by atoms with Crippen LogP contribution in [0.15, 0.2) is 48.8 Å². The second-order valence-electron chi connectivity index (χ2n) is 6.18. The Bertz CT molecular complexity index is 766. The van der Waals surface area contributed by atoms with Gasteiger partial charge in [-0.2, -0.15) is 0 Å². The molecule has 2 aromatic rings. The number of piperidine rings is 1. The standard InChI is InChI=1S/C19H19FN2O3/c20-15-5-1-3-13(11-15)8-10-22-17(23)7-6-16(19(24)25)18(22)14-4-2-9-21-12-14/h1-5,9,11-12,16,18H,6-8,10H2,(H,24,25)/t16-,18+/m1/s1. The van der Waals surface area contributed by atoms with Crippen molar-refractivity contribution in [2.45, 2.75) is 25.3 Å². The molecule has 2 heterocycles. The van der Waals surface area contributed by atoms with Gasteiger partial charge in [-0.25, -0.2) is 4.39 Å². The van der Waals surface area contributed by atoms with E-state index in [2.05, 4.69) is 4.98 Å². The predicted octanol–water partition coefficient (Wildman–Crippen LogP) is 2.83. The molecule has 0 spiro atoms. The van der Waals surface area contributed by atoms with E-state index in [-0.39, 0.29) is 18.1 Å². The van der Waals surface area contributed by atoms with Crippen LogP contribution in [-0.4, -0.2) is 33.4 Å². The fourth-order valence-corrected chi connectivity index (χ4v) is 3.38. The number of carboxylic acids is 1. The number of benzene rings is 1. The van der Waals surface area contributed by atoms with Crippen LogP contribution in [0.4, 0.5) is 4.39 Å². The molecule has 0 radical (unpaired) electrons. The second kappa shape index (κ2) is 7.42. The largest absolute Gasteiger partial charge is 0.481 e. The molecule has 0 bridgehead atoms. The highest BCUT2D eigenvalue weighted by molar-refractivity contribution is 5.81. The molecule has 2 atom stereocenters. The Labute approximate surface area is 145 Å². The molecule has 1 aliphatic rings. The molecule has 1 amide bonds. The summed E-state index contributed by atoms with van der Waals surface area (Å²) in [5.41, 5.74) is 1.48. The highest BCUT2D eigenvalue weighted by atomic mass is 19.1. The lowest BCUT2D eigenvalue weighted by atomic mass is 9.84. The Morgan fingerprint density at radius 3 is 2.84 bits per heavy atom. The molecule has 6 heteroatoms. The fraction of sp³-hybridized carbons (Fsp3) is 0.316. The van der Waals surface area contributed by atoms with Gasteiger partial charge in [0.1, 0.15) is 5.82 Å². The van der Waals surface area contributed by atoms with Gasteiger partial charge in [-0.1, -0.05) is 18.2 Å². The first kappa shape index (κ1) is 17.1. The van der Waals surface area contributed by atoms with Crippen molar-refractivity contribution in [3.05, 3.63) is 65.7 Å². The Morgan fingerprint density at radius 2 is 2.16 bits per heavy atom. The van der Waals surface area contributed by atoms with Crippen LogP contribution in [0.1, 0.15) is 30.0 Å². The fourth-order valence-electron chi connectivity index (χ4n) is 3.38. The number of carbonyl (C=O) groups is 2. The molecule has 5 nitrogen and oxygen atoms in total. The average Bonchev–Trinajstić information content (AvgIpc) is 2.61. The molecular formula is C19H19FN2O3. The maximum Gasteiger partial charge on any atom is 0.308 e. The molecule has 1 aromatic carbocycles. The lowest BCUT2D eigenvalue weighted by molar-refractivity contribution is -0.152. The molecular weight excluding hydrogens is 323 g/mol. The number of amides is 1. The number of pyridine rings is 1. The summed E-state index contributed by atoms with van der Waals surface area (Å²) in [5.74, 6) is -2.00. The van der Waals surface area contributed by atoms with E-state index in [0.29, 0.717) is 24.9 Å². The number of aromatic nitrogens is 1. The highest BCUT2D eigenvalue weighted by Gasteiger charge is 2.40. The molecule has 1 fully saturated rings. The molecule has 1 aromatic heterocycles. The smallest absolute Gasteiger partial charge is 0.308 e. The van der Waals surface area contributed by atoms with Gasteiger partial charge in [0, 0.05) is 25.4 Å². The van der Waals surface area contributed by atoms with E-state index >= 15 is 0 Å². The molecule has 0 unspecified atom stereocenters. The third-order valence-electron chi connectivity index (χ3n) is 4.58. The first-order valence-electron chi connectivity index (χ1n) is 8.23. The Hall–Kier alpha value is -2.76. The molecule has 3 rings (SSSR count). The van der Waals surface area contributed by atoms with Gasteiger partial charge in [0.05, 0.1) is 12.0 Å². The minimum Gasteiger partial charge on any atom is -0.481 e. The minimum atomic E-state index is -0.919. The number of likely N-dealkylation sites (tertiary alicyclic amines) is 1. The van der Waals surface area contributed by atoms with Gasteiger partial charge >= 0.3 is 5.97 Å². The van der Waals surface area contributed by atoms with E-state index in [4.69, 9.17) is 0 Å². The number of rotatable bonds is 5. The van der Waals surface area contributed by atoms with Gasteiger partial charge in [-0.15, -0.1) is 0 Å². The number of aliphatic carboxylic acids is 1. The number of halogens is 1. The summed E-state index contributed by atoms with van der Waals surface area (Å²) in [7, 11) is 0. The van der Waals surface area contributed by atoms with E-state index in [1.54, 1.807) is 41.6 Å². The van der Waals surface area contributed by atoms with Crippen molar-refractivity contribution < 1.29 is 19.1 Å². The summed E-state index contributed by atoms with van der Waals surface area (Å²) in [6, 6.07) is 9.20. The normalized spacial score (nSPS) is 20.5. The number of hydrogen-bond acceptors (Lipinski definition) is 3. The molecule has 1 saturated heterocycles. The first-order valence-corrected chi connectivity index (χ1v) is 8.23. The lowest BCUT2D eigenvalue weighted by Crippen LogP contribution is -2.46. The van der Waals surface area contributed by atoms with Crippen molar-refractivity contribution in [3.63, 3.8) is 0 Å². The number of hydrogen-bond donors (Lipinski definition) is 1. The molecule has 0 aliphatic carbocycles. The third kappa shape index (κ3) is 3.84. The van der Waals surface area contributed by atoms with E-state index < -0.39 is 17.9 Å². The molecule has 1 aliphatic heterocycles. The van der Waals surface area contributed by atoms with Gasteiger partial charge in [0.15, 0.2) is 0 Å². The van der Waals surface area contributed by atoms with Crippen LogP contribution >= 0.6 is 0 Å². The summed E-state index contributed by atoms with van der Waals surface area (Å²) >= 11 is 0. The van der Waals surface area contributed by atoms with Crippen molar-refractivity contribution in [1.29, 1.82) is 0 Å². The van der Waals surface area contributed by atoms with Gasteiger partial charge < -0.3 is 10.0 Å². The molecule has 1 N–H and O–H groups in total. The minimum absolute atomic E-state index is 0.0808. The van der Waals surface area contributed by atoms with E-state index in [0.717, 1.165) is 5.56 Å². The zero-order valence-electron chi connectivity index (χ0n) is 13.6. The second-order valence-corrected chi connectivity index (χ2v) is 6.18. The van der Waals surface area contributed by atoms with Gasteiger partial charge in [0.2, 0.25) is 5.91 Å². The first-order chi connectivity index (χ1) is 12.1. The molecule has 130 valence electrons. The van der Waals surface area contributed by atoms with Crippen molar-refractivity contribution >= 4 is 11.9 Å². The predicted molar refractivity (Wildman–Crippen MR) is 89.2 cm³/mol. The average molecular weight is 342 g/mol. The topological polar surface area (TPSA) is 70.5 Å². The third-order valence-corrected chi connectivity index (χ3v) is 4.58. The summed E-state index contributed by atoms with van der Waals surface area (Å²) in [6.07, 6.45) is 4.20. The van der Waals surface area contributed by atoms with Crippen molar-refractivity contribution in [3.8, 4) is 0 Å². The Kier molecular flexibility index (Phi) is 5.07. The monoisotopic (exact) mass is 342 g/mol. The Balaban J connectivity index is 1.86. The van der Waals surface area contributed by atoms with Crippen LogP contribution in [-0.2, 0) is 16.0 Å². The van der Waals surface area contributed by atoms with E-state index in [9.17, 15) is 19.1 Å². The van der Waals surface area contributed by atoms with Crippen molar-refractivity contribution in [1.82, 2.24) is 9.88 Å². The summed E-state index contributed by atoms with van der Waals surface area (Å²) in [5, 5.41) is 9.59. The van der Waals surface area contributed by atoms with Crippen LogP contribution in [0.2, 0.25) is 0 Å². The van der Waals surface area contributed by atoms with Gasteiger partial charge in [-0.3, -0.25) is 14.6 Å². The van der Waals surface area contributed by atoms with E-state index in [1.165, 1.54) is 12.1 Å². The summed E-state index contributed by atoms with van der Waals surface area (Å²) in [6.45, 7) is 0.339. The maximum absolute atomic E-state index is 13.4. The quantitative estimate of drug-likeness (QED) is 0.907. The zero-order chi connectivity index (χ0) is 17.8. The summed E-state index contributed by atoms with van der Waals surface area (Å²) < 4.78 is 13.4. The zero-order valence-corrected chi connectivity index (χ0v) is 13.6. The van der Waals surface area contributed by atoms with Crippen molar-refractivity contribution in [2.75, 3.05) is 6.54 Å². The maximum atomic E-state index is 13.4. The van der Waals surface area contributed by atoms with E-state index in [1.807, 2.05) is 0 Å². The molecule has 25 heavy (non-hydrogen) atoms. The van der Waals surface area contributed by atoms with Crippen LogP contribution in [0, 0.1) is 11.7 Å². The van der Waals surface area contributed by atoms with Gasteiger partial charge in [-0.05, 0) is 42.2 Å². The van der Waals surface area contributed by atoms with Gasteiger partial charge in [0.25, 0.3) is 0 Å². The number of nitrogens with zero attached hydrogens (tertiary/aromatic N) is 2. The van der Waals surface area contributed by atoms with Crippen LogP contribution in [0.3, 0.4) is 0 Å². The molecule has 0 saturated carbocycles. The Morgan fingerprint density at radius 1 is 1.32 bits per heavy atom. The van der Waals surface area contributed by atoms with Crippen LogP contribution in [0.5, 0.6) is 0 Å². The highest BCUT2D eigenvalue weighted by Crippen LogP contribution is 2.36. The van der Waals surface area contributed by atoms with Crippen molar-refractivity contribution in [2.24, 2.45) is 5.92 Å². The number of carbonyl (C=O) groups excluding carboxylic acids is 1. The lowest BCUT2D eigenvalue weighted by Gasteiger charge is -2.39. The number of carboxylic acid groups (broad SMARTS) is 1. The SMILES string of the molecule is O=C(O)[C@@H]1CCC(=O)N(CCc2cccc(F)c2)[C@H]1c1cccnc1. The summed E-state index contributed by atoms with van der Waals surface area (Å²) in [4.78, 5) is 29.8. The van der Waals surface area contributed by atoms with Crippen LogP contribution in [0.25, 0.3) is 0 Å².